The van der Waals surface area contributed by atoms with Crippen molar-refractivity contribution in [3.8, 4) is 0 Å². The summed E-state index contributed by atoms with van der Waals surface area (Å²) in [7, 11) is -3.82. The van der Waals surface area contributed by atoms with Crippen LogP contribution in [0.4, 0.5) is 11.4 Å². The summed E-state index contributed by atoms with van der Waals surface area (Å²) < 4.78 is 27.2. The molecule has 2 N–H and O–H groups in total. The average molecular weight is 366 g/mol. The normalized spacial score (nSPS) is 16.7. The second-order valence-electron chi connectivity index (χ2n) is 5.79. The molecule has 0 bridgehead atoms. The zero-order chi connectivity index (χ0) is 18.0. The van der Waals surface area contributed by atoms with Crippen molar-refractivity contribution in [1.82, 2.24) is 19.5 Å². The molecule has 0 spiro atoms. The van der Waals surface area contributed by atoms with Crippen molar-refractivity contribution in [2.75, 3.05) is 18.4 Å². The molecule has 10 nitrogen and oxygen atoms in total. The highest BCUT2D eigenvalue weighted by atomic mass is 32.2. The number of anilines is 1. The number of hydrogen-bond donors (Lipinski definition) is 2. The summed E-state index contributed by atoms with van der Waals surface area (Å²) in [6.07, 6.45) is 2.92. The molecule has 3 rings (SSSR count). The van der Waals surface area contributed by atoms with Gasteiger partial charge in [-0.25, -0.2) is 13.4 Å². The molecule has 0 radical (unpaired) electrons. The summed E-state index contributed by atoms with van der Waals surface area (Å²) in [5.74, 6) is 0.530. The maximum absolute atomic E-state index is 12.9. The van der Waals surface area contributed by atoms with Gasteiger partial charge in [0.25, 0.3) is 5.69 Å². The lowest BCUT2D eigenvalue weighted by Crippen LogP contribution is -2.28. The van der Waals surface area contributed by atoms with E-state index in [1.165, 1.54) is 22.8 Å². The number of nitro groups is 1. The van der Waals surface area contributed by atoms with Crippen LogP contribution in [0.25, 0.3) is 0 Å². The van der Waals surface area contributed by atoms with Crippen LogP contribution in [-0.4, -0.2) is 45.9 Å². The summed E-state index contributed by atoms with van der Waals surface area (Å²) in [4.78, 5) is 14.4. The summed E-state index contributed by atoms with van der Waals surface area (Å²) in [6, 6.07) is 3.44. The van der Waals surface area contributed by atoms with Gasteiger partial charge in [0.1, 0.15) is 17.0 Å². The molecule has 1 aliphatic rings. The molecule has 0 amide bonds. The highest BCUT2D eigenvalue weighted by Crippen LogP contribution is 2.32. The van der Waals surface area contributed by atoms with Crippen LogP contribution in [-0.2, 0) is 10.0 Å². The van der Waals surface area contributed by atoms with Crippen molar-refractivity contribution < 1.29 is 13.3 Å². The summed E-state index contributed by atoms with van der Waals surface area (Å²) in [6.45, 7) is 2.62. The number of benzene rings is 1. The van der Waals surface area contributed by atoms with E-state index in [0.29, 0.717) is 24.6 Å². The van der Waals surface area contributed by atoms with Gasteiger partial charge in [0.15, 0.2) is 0 Å². The molecule has 134 valence electrons. The summed E-state index contributed by atoms with van der Waals surface area (Å²) in [5, 5.41) is 20.6. The van der Waals surface area contributed by atoms with Gasteiger partial charge in [0, 0.05) is 25.2 Å². The Kier molecular flexibility index (Phi) is 4.68. The van der Waals surface area contributed by atoms with Crippen LogP contribution >= 0.6 is 0 Å². The van der Waals surface area contributed by atoms with Crippen molar-refractivity contribution in [1.29, 1.82) is 0 Å². The van der Waals surface area contributed by atoms with E-state index in [-0.39, 0.29) is 16.6 Å². The first-order valence-corrected chi connectivity index (χ1v) is 9.24. The first kappa shape index (κ1) is 17.3. The Balaban J connectivity index is 2.01. The van der Waals surface area contributed by atoms with Crippen LogP contribution in [0.1, 0.15) is 31.6 Å². The van der Waals surface area contributed by atoms with Gasteiger partial charge < -0.3 is 5.32 Å². The molecule has 1 unspecified atom stereocenters. The number of rotatable bonds is 6. The van der Waals surface area contributed by atoms with E-state index in [9.17, 15) is 18.5 Å². The number of hydrogen-bond acceptors (Lipinski definition) is 7. The average Bonchev–Trinajstić information content (AvgIpc) is 3.28. The highest BCUT2D eigenvalue weighted by Gasteiger charge is 2.31. The zero-order valence-electron chi connectivity index (χ0n) is 13.5. The molecular weight excluding hydrogens is 348 g/mol. The smallest absolute Gasteiger partial charge is 0.270 e. The predicted molar refractivity (Wildman–Crippen MR) is 89.5 cm³/mol. The van der Waals surface area contributed by atoms with Crippen LogP contribution < -0.4 is 5.32 Å². The number of nitrogens with zero attached hydrogens (tertiary/aromatic N) is 4. The van der Waals surface area contributed by atoms with E-state index in [1.54, 1.807) is 6.92 Å². The SMILES string of the molecule is CC(Nc1ccc([N+](=O)[O-])cc1S(=O)(=O)N1CCCC1)c1ncn[nH]1. The van der Waals surface area contributed by atoms with Gasteiger partial charge in [-0.1, -0.05) is 0 Å². The van der Waals surface area contributed by atoms with Gasteiger partial charge in [0.05, 0.1) is 16.7 Å². The van der Waals surface area contributed by atoms with Crippen LogP contribution in [0, 0.1) is 10.1 Å². The summed E-state index contributed by atoms with van der Waals surface area (Å²) >= 11 is 0. The Morgan fingerprint density at radius 2 is 2.08 bits per heavy atom. The number of aromatic amines is 1. The minimum absolute atomic E-state index is 0.102. The number of non-ortho nitro benzene ring substituents is 1. The predicted octanol–water partition coefficient (Wildman–Crippen LogP) is 1.67. The Labute approximate surface area is 144 Å². The number of aromatic nitrogens is 3. The van der Waals surface area contributed by atoms with Gasteiger partial charge in [-0.05, 0) is 25.8 Å². The fraction of sp³-hybridized carbons (Fsp3) is 0.429. The zero-order valence-corrected chi connectivity index (χ0v) is 14.4. The number of H-pyrrole nitrogens is 1. The van der Waals surface area contributed by atoms with Gasteiger partial charge in [0.2, 0.25) is 10.0 Å². The Hall–Kier alpha value is -2.53. The third kappa shape index (κ3) is 3.46. The molecule has 0 saturated carbocycles. The Morgan fingerprint density at radius 3 is 2.68 bits per heavy atom. The lowest BCUT2D eigenvalue weighted by Gasteiger charge is -2.20. The molecule has 1 atom stereocenters. The number of nitrogens with one attached hydrogen (secondary N) is 2. The largest absolute Gasteiger partial charge is 0.374 e. The summed E-state index contributed by atoms with van der Waals surface area (Å²) in [5.41, 5.74) is 0.0250. The van der Waals surface area contributed by atoms with E-state index < -0.39 is 14.9 Å². The van der Waals surface area contributed by atoms with Crippen LogP contribution in [0.3, 0.4) is 0 Å². The Bertz CT molecular complexity index is 861. The highest BCUT2D eigenvalue weighted by molar-refractivity contribution is 7.89. The standard InChI is InChI=1S/C14H18N6O4S/c1-10(14-15-9-16-18-14)17-12-5-4-11(20(21)22)8-13(12)25(23,24)19-6-2-3-7-19/h4-5,8-10,17H,2-3,6-7H2,1H3,(H,15,16,18). The van der Waals surface area contributed by atoms with Crippen LogP contribution in [0.2, 0.25) is 0 Å². The van der Waals surface area contributed by atoms with Gasteiger partial charge in [-0.3, -0.25) is 15.2 Å². The van der Waals surface area contributed by atoms with Gasteiger partial charge in [-0.2, -0.15) is 9.40 Å². The first-order valence-electron chi connectivity index (χ1n) is 7.80. The minimum atomic E-state index is -3.82. The van der Waals surface area contributed by atoms with Crippen molar-refractivity contribution in [2.45, 2.75) is 30.7 Å². The fourth-order valence-electron chi connectivity index (χ4n) is 2.75. The molecule has 1 aromatic heterocycles. The van der Waals surface area contributed by atoms with Gasteiger partial charge >= 0.3 is 0 Å². The van der Waals surface area contributed by atoms with Gasteiger partial charge in [-0.15, -0.1) is 0 Å². The maximum Gasteiger partial charge on any atom is 0.270 e. The molecule has 0 aliphatic carbocycles. The topological polar surface area (TPSA) is 134 Å². The van der Waals surface area contributed by atoms with E-state index in [4.69, 9.17) is 0 Å². The lowest BCUT2D eigenvalue weighted by molar-refractivity contribution is -0.385. The third-order valence-electron chi connectivity index (χ3n) is 4.07. The molecule has 25 heavy (non-hydrogen) atoms. The second-order valence-corrected chi connectivity index (χ2v) is 7.69. The lowest BCUT2D eigenvalue weighted by atomic mass is 10.2. The Morgan fingerprint density at radius 1 is 1.36 bits per heavy atom. The van der Waals surface area contributed by atoms with E-state index >= 15 is 0 Å². The second kappa shape index (κ2) is 6.76. The first-order chi connectivity index (χ1) is 11.9. The van der Waals surface area contributed by atoms with Crippen molar-refractivity contribution in [2.24, 2.45) is 0 Å². The molecule has 1 fully saturated rings. The monoisotopic (exact) mass is 366 g/mol. The molecule has 2 aromatic rings. The molecular formula is C14H18N6O4S. The van der Waals surface area contributed by atoms with Crippen LogP contribution in [0.15, 0.2) is 29.4 Å². The number of nitro benzene ring substituents is 1. The number of sulfonamides is 1. The van der Waals surface area contributed by atoms with E-state index in [0.717, 1.165) is 18.9 Å². The van der Waals surface area contributed by atoms with E-state index in [1.807, 2.05) is 0 Å². The van der Waals surface area contributed by atoms with E-state index in [2.05, 4.69) is 20.5 Å². The van der Waals surface area contributed by atoms with Crippen molar-refractivity contribution in [3.63, 3.8) is 0 Å². The fourth-order valence-corrected chi connectivity index (χ4v) is 4.44. The molecule has 1 aliphatic heterocycles. The molecule has 2 heterocycles. The van der Waals surface area contributed by atoms with Crippen molar-refractivity contribution >= 4 is 21.4 Å². The minimum Gasteiger partial charge on any atom is -0.374 e. The quantitative estimate of drug-likeness (QED) is 0.586. The maximum atomic E-state index is 12.9. The van der Waals surface area contributed by atoms with Crippen molar-refractivity contribution in [3.05, 3.63) is 40.5 Å². The third-order valence-corrected chi connectivity index (χ3v) is 6.01. The molecule has 1 saturated heterocycles. The molecule has 1 aromatic carbocycles. The molecule has 11 heteroatoms. The van der Waals surface area contributed by atoms with Crippen LogP contribution in [0.5, 0.6) is 0 Å².